The van der Waals surface area contributed by atoms with Crippen LogP contribution in [0.1, 0.15) is 94.1 Å². The topological polar surface area (TPSA) is 193 Å². The number of ether oxygens (including phenoxy) is 5. The summed E-state index contributed by atoms with van der Waals surface area (Å²) in [5, 5.41) is 27.7. The number of ketones is 1. The van der Waals surface area contributed by atoms with Gasteiger partial charge in [0.05, 0.1) is 35.6 Å². The van der Waals surface area contributed by atoms with Gasteiger partial charge in [0.15, 0.2) is 31.9 Å². The second-order valence-corrected chi connectivity index (χ2v) is 23.3. The molecule has 2 bridgehead atoms. The number of rotatable bonds is 15. The summed E-state index contributed by atoms with van der Waals surface area (Å²) >= 11 is 0. The molecule has 1 saturated carbocycles. The molecule has 3 heterocycles. The Morgan fingerprint density at radius 3 is 1.97 bits per heavy atom. The summed E-state index contributed by atoms with van der Waals surface area (Å²) in [5.41, 5.74) is -3.13. The van der Waals surface area contributed by atoms with Gasteiger partial charge in [-0.3, -0.25) is 14.4 Å². The van der Waals surface area contributed by atoms with Crippen LogP contribution in [0.25, 0.3) is 0 Å². The lowest BCUT2D eigenvalue weighted by Gasteiger charge is -2.65. The van der Waals surface area contributed by atoms with E-state index in [1.54, 1.807) is 119 Å². The van der Waals surface area contributed by atoms with Crippen molar-refractivity contribution in [2.45, 2.75) is 128 Å². The maximum Gasteiger partial charge on any atom is 0.338 e. The summed E-state index contributed by atoms with van der Waals surface area (Å²) in [6.45, 7) is 13.6. The number of esters is 3. The maximum atomic E-state index is 15.9. The van der Waals surface area contributed by atoms with E-state index in [-0.39, 0.29) is 24.2 Å². The van der Waals surface area contributed by atoms with E-state index in [9.17, 15) is 29.4 Å². The van der Waals surface area contributed by atoms with Gasteiger partial charge >= 0.3 is 17.9 Å². The molecular weight excluding hydrogens is 851 g/mol. The Balaban J connectivity index is 1.31. The molecule has 10 atom stereocenters. The van der Waals surface area contributed by atoms with Crippen molar-refractivity contribution in [3.05, 3.63) is 119 Å². The number of aliphatic hydroxyl groups excluding tert-OH is 1. The Morgan fingerprint density at radius 2 is 1.43 bits per heavy atom. The molecule has 348 valence electrons. The molecule has 0 aromatic heterocycles. The lowest BCUT2D eigenvalue weighted by atomic mass is 9.49. The van der Waals surface area contributed by atoms with Crippen molar-refractivity contribution in [1.29, 1.82) is 0 Å². The zero-order valence-corrected chi connectivity index (χ0v) is 39.3. The van der Waals surface area contributed by atoms with Crippen molar-refractivity contribution in [3.63, 3.8) is 0 Å². The highest BCUT2D eigenvalue weighted by molar-refractivity contribution is 6.73. The zero-order chi connectivity index (χ0) is 47.1. The van der Waals surface area contributed by atoms with Crippen LogP contribution in [0, 0.1) is 16.7 Å². The molecule has 3 aromatic carbocycles. The molecular formula is C50H61NO13Si. The van der Waals surface area contributed by atoms with Crippen LogP contribution in [0.3, 0.4) is 0 Å². The lowest BCUT2D eigenvalue weighted by Crippen LogP contribution is -2.80. The third kappa shape index (κ3) is 8.18. The molecule has 65 heavy (non-hydrogen) atoms. The molecule has 3 saturated heterocycles. The minimum atomic E-state index is -2.52. The fourth-order valence-electron chi connectivity index (χ4n) is 10.8. The molecule has 1 unspecified atom stereocenters. The van der Waals surface area contributed by atoms with Crippen LogP contribution in [-0.2, 0) is 42.5 Å². The Labute approximate surface area is 381 Å². The number of amides is 1. The second-order valence-electron chi connectivity index (χ2n) is 18.5. The lowest BCUT2D eigenvalue weighted by molar-refractivity contribution is -0.355. The molecule has 14 nitrogen and oxygen atoms in total. The van der Waals surface area contributed by atoms with Gasteiger partial charge in [-0.15, -0.1) is 0 Å². The van der Waals surface area contributed by atoms with E-state index in [0.717, 1.165) is 18.1 Å². The molecule has 3 N–H and O–H groups in total. The molecule has 4 fully saturated rings. The van der Waals surface area contributed by atoms with E-state index in [2.05, 4.69) is 26.1 Å². The van der Waals surface area contributed by atoms with E-state index < -0.39 is 109 Å². The minimum Gasteiger partial charge on any atom is -0.459 e. The first-order valence-corrected chi connectivity index (χ1v) is 25.0. The summed E-state index contributed by atoms with van der Waals surface area (Å²) in [4.78, 5) is 70.5. The molecule has 7 rings (SSSR count). The first-order chi connectivity index (χ1) is 30.8. The third-order valence-corrected chi connectivity index (χ3v) is 19.4. The van der Waals surface area contributed by atoms with Gasteiger partial charge in [0.1, 0.15) is 18.8 Å². The first kappa shape index (κ1) is 47.9. The van der Waals surface area contributed by atoms with Crippen LogP contribution >= 0.6 is 0 Å². The highest BCUT2D eigenvalue weighted by Gasteiger charge is 2.81. The van der Waals surface area contributed by atoms with Gasteiger partial charge in [-0.2, -0.15) is 0 Å². The van der Waals surface area contributed by atoms with Crippen LogP contribution in [0.2, 0.25) is 18.1 Å². The number of aliphatic hydroxyl groups is 2. The van der Waals surface area contributed by atoms with Gasteiger partial charge < -0.3 is 43.6 Å². The molecule has 1 aliphatic carbocycles. The molecule has 0 spiro atoms. The Kier molecular flexibility index (Phi) is 13.5. The maximum absolute atomic E-state index is 15.9. The number of carbonyl (C=O) groups is 5. The van der Waals surface area contributed by atoms with Crippen molar-refractivity contribution >= 4 is 37.9 Å². The van der Waals surface area contributed by atoms with E-state index in [0.29, 0.717) is 16.7 Å². The predicted molar refractivity (Wildman–Crippen MR) is 240 cm³/mol. The summed E-state index contributed by atoms with van der Waals surface area (Å²) in [5.74, 6) is -7.20. The fraction of sp³-hybridized carbons (Fsp3) is 0.500. The minimum absolute atomic E-state index is 0.133. The molecule has 1 amide bonds. The van der Waals surface area contributed by atoms with E-state index in [4.69, 9.17) is 28.1 Å². The normalized spacial score (nSPS) is 30.6. The number of nitrogens with one attached hydrogen (secondary N) is 1. The van der Waals surface area contributed by atoms with E-state index in [1.807, 2.05) is 0 Å². The fourth-order valence-corrected chi connectivity index (χ4v) is 13.8. The number of hydrogen-bond acceptors (Lipinski definition) is 13. The van der Waals surface area contributed by atoms with Crippen molar-refractivity contribution in [2.75, 3.05) is 13.2 Å². The summed E-state index contributed by atoms with van der Waals surface area (Å²) < 4.78 is 38.6. The van der Waals surface area contributed by atoms with Crippen LogP contribution in [-0.4, -0.2) is 103 Å². The third-order valence-electron chi connectivity index (χ3n) is 14.7. The van der Waals surface area contributed by atoms with Crippen LogP contribution < -0.4 is 5.32 Å². The largest absolute Gasteiger partial charge is 0.459 e. The van der Waals surface area contributed by atoms with Crippen LogP contribution in [0.15, 0.2) is 102 Å². The first-order valence-electron chi connectivity index (χ1n) is 22.5. The number of Topliss-reactive ketones (excluding diaryl/α,β-unsaturated/α-hetero) is 1. The van der Waals surface area contributed by atoms with Gasteiger partial charge in [-0.25, -0.2) is 9.59 Å². The van der Waals surface area contributed by atoms with Gasteiger partial charge in [0.2, 0.25) is 5.79 Å². The monoisotopic (exact) mass is 911 g/mol. The second kappa shape index (κ2) is 18.3. The average molecular weight is 912 g/mol. The molecule has 0 radical (unpaired) electrons. The Morgan fingerprint density at radius 1 is 0.862 bits per heavy atom. The molecule has 3 aliphatic heterocycles. The number of fused-ring (bicyclic) bond motifs is 5. The smallest absolute Gasteiger partial charge is 0.338 e. The zero-order valence-electron chi connectivity index (χ0n) is 38.3. The van der Waals surface area contributed by atoms with Gasteiger partial charge in [0.25, 0.3) is 5.91 Å². The Hall–Kier alpha value is -5.03. The molecule has 15 heteroatoms. The van der Waals surface area contributed by atoms with E-state index in [1.165, 1.54) is 6.92 Å². The standard InChI is InChI=1S/C50H61NO13Si/c1-9-65(10-2,11-3)64-35-27-36-49(29-60-36,62-31(5)52)41-43(61-45(56)34-25-19-14-20-26-34)50(58)47(6,7)37(40(63-50)42(54)48(35,41)8)30(4)28-59-46(57)39(53)38(32-21-15-12-16-22-32)51-44(55)33-23-17-13-18-24-33/h12-26,35-36,38-41,43,53,58H,9-11,27-29H2,1-8H3,(H,51,55)/b37-30-/t35-,36+,38-,39+,40+,41?,43-,48+,49-,50+/m0/s1. The highest BCUT2D eigenvalue weighted by atomic mass is 28.4. The molecule has 4 aliphatic rings. The van der Waals surface area contributed by atoms with Crippen molar-refractivity contribution < 1.29 is 62.3 Å². The summed E-state index contributed by atoms with van der Waals surface area (Å²) in [6, 6.07) is 26.2. The SMILES string of the molecule is CC[Si](CC)(CC)O[C@H]1C[C@H]2OC[C@@]2(OC(C)=O)C2[C@H](OC(=O)c3ccccc3)[C@@]3(O)O[C@@H](C(=O)[C@@]21C)/C(=C(\C)COC(=O)[C@H](O)[C@@H](NC(=O)c1ccccc1)c1ccccc1)C3(C)C. The average Bonchev–Trinajstić information content (AvgIpc) is 3.49. The van der Waals surface area contributed by atoms with Crippen molar-refractivity contribution in [2.24, 2.45) is 16.7 Å². The number of hydrogen-bond donors (Lipinski definition) is 3. The number of carbonyl (C=O) groups excluding carboxylic acids is 5. The highest BCUT2D eigenvalue weighted by Crippen LogP contribution is 2.66. The van der Waals surface area contributed by atoms with Gasteiger partial charge in [-0.1, -0.05) is 101 Å². The number of benzene rings is 3. The summed E-state index contributed by atoms with van der Waals surface area (Å²) in [6.07, 6.45) is -6.43. The van der Waals surface area contributed by atoms with Crippen LogP contribution in [0.5, 0.6) is 0 Å². The predicted octanol–water partition coefficient (Wildman–Crippen LogP) is 6.42. The quantitative estimate of drug-likeness (QED) is 0.0656. The van der Waals surface area contributed by atoms with Gasteiger partial charge in [0, 0.05) is 24.3 Å². The molecule has 3 aromatic rings. The van der Waals surface area contributed by atoms with E-state index >= 15 is 4.79 Å². The van der Waals surface area contributed by atoms with Crippen LogP contribution in [0.4, 0.5) is 0 Å². The van der Waals surface area contributed by atoms with Gasteiger partial charge in [-0.05, 0) is 73.0 Å². The van der Waals surface area contributed by atoms with Crippen molar-refractivity contribution in [3.8, 4) is 0 Å². The van der Waals surface area contributed by atoms with Crippen molar-refractivity contribution in [1.82, 2.24) is 5.32 Å². The Bertz CT molecular complexity index is 2290. The summed E-state index contributed by atoms with van der Waals surface area (Å²) in [7, 11) is -2.52.